The lowest BCUT2D eigenvalue weighted by Gasteiger charge is -2.05. The number of rotatable bonds is 5. The summed E-state index contributed by atoms with van der Waals surface area (Å²) < 4.78 is 25.8. The molecule has 1 amide bonds. The fourth-order valence-corrected chi connectivity index (χ4v) is 2.28. The summed E-state index contributed by atoms with van der Waals surface area (Å²) in [4.78, 5) is 22.4. The predicted molar refractivity (Wildman–Crippen MR) is 78.8 cm³/mol. The van der Waals surface area contributed by atoms with Gasteiger partial charge in [-0.3, -0.25) is 14.9 Å². The topological polar surface area (TPSA) is 72.2 Å². The number of non-ortho nitro benzene ring substituents is 1. The van der Waals surface area contributed by atoms with Crippen molar-refractivity contribution in [2.45, 2.75) is 4.90 Å². The predicted octanol–water partition coefficient (Wildman–Crippen LogP) is 3.60. The van der Waals surface area contributed by atoms with Crippen LogP contribution < -0.4 is 5.32 Å². The van der Waals surface area contributed by atoms with Gasteiger partial charge in [-0.2, -0.15) is 0 Å². The molecule has 2 rings (SSSR count). The lowest BCUT2D eigenvalue weighted by Crippen LogP contribution is -2.14. The Kier molecular flexibility index (Phi) is 5.05. The first kappa shape index (κ1) is 15.9. The molecule has 0 saturated heterocycles. The van der Waals surface area contributed by atoms with E-state index < -0.39 is 22.5 Å². The van der Waals surface area contributed by atoms with Gasteiger partial charge < -0.3 is 5.32 Å². The molecule has 0 aliphatic carbocycles. The van der Waals surface area contributed by atoms with Gasteiger partial charge >= 0.3 is 0 Å². The van der Waals surface area contributed by atoms with Gasteiger partial charge in [-0.05, 0) is 24.3 Å². The van der Waals surface area contributed by atoms with Gasteiger partial charge in [0.05, 0.1) is 10.7 Å². The molecule has 0 bridgehead atoms. The van der Waals surface area contributed by atoms with Gasteiger partial charge in [-0.1, -0.05) is 0 Å². The minimum Gasteiger partial charge on any atom is -0.325 e. The van der Waals surface area contributed by atoms with Crippen LogP contribution in [-0.4, -0.2) is 16.6 Å². The van der Waals surface area contributed by atoms with Crippen molar-refractivity contribution in [1.82, 2.24) is 0 Å². The lowest BCUT2D eigenvalue weighted by molar-refractivity contribution is -0.384. The Balaban J connectivity index is 1.89. The second-order valence-electron chi connectivity index (χ2n) is 4.22. The Bertz CT molecular complexity index is 708. The Morgan fingerprint density at radius 2 is 1.82 bits per heavy atom. The molecule has 0 aliphatic rings. The molecule has 0 heterocycles. The zero-order chi connectivity index (χ0) is 16.1. The molecule has 1 N–H and O–H groups in total. The molecular formula is C14H10F2N2O3S. The highest BCUT2D eigenvalue weighted by atomic mass is 32.2. The maximum absolute atomic E-state index is 13.0. The number of amides is 1. The zero-order valence-electron chi connectivity index (χ0n) is 11.1. The Hall–Kier alpha value is -2.48. The molecule has 0 saturated carbocycles. The maximum atomic E-state index is 13.0. The van der Waals surface area contributed by atoms with Crippen LogP contribution in [0.2, 0.25) is 0 Å². The first-order valence-electron chi connectivity index (χ1n) is 6.08. The third kappa shape index (κ3) is 4.26. The third-order valence-corrected chi connectivity index (χ3v) is 3.63. The van der Waals surface area contributed by atoms with E-state index in [9.17, 15) is 23.7 Å². The van der Waals surface area contributed by atoms with E-state index in [0.717, 1.165) is 12.1 Å². The number of nitrogens with zero attached hydrogens (tertiary/aromatic N) is 1. The number of nitro groups is 1. The number of nitrogens with one attached hydrogen (secondary N) is 1. The van der Waals surface area contributed by atoms with Gasteiger partial charge in [-0.25, -0.2) is 8.78 Å². The van der Waals surface area contributed by atoms with Crippen LogP contribution >= 0.6 is 11.8 Å². The Morgan fingerprint density at radius 3 is 2.41 bits per heavy atom. The summed E-state index contributed by atoms with van der Waals surface area (Å²) in [6.45, 7) is 0. The number of thioether (sulfide) groups is 1. The molecule has 0 fully saturated rings. The highest BCUT2D eigenvalue weighted by molar-refractivity contribution is 8.00. The third-order valence-electron chi connectivity index (χ3n) is 2.62. The van der Waals surface area contributed by atoms with E-state index in [-0.39, 0.29) is 17.1 Å². The second kappa shape index (κ2) is 6.99. The van der Waals surface area contributed by atoms with Gasteiger partial charge in [0.15, 0.2) is 11.6 Å². The molecule has 8 heteroatoms. The number of benzene rings is 2. The summed E-state index contributed by atoms with van der Waals surface area (Å²) in [6, 6.07) is 8.83. The number of hydrogen-bond acceptors (Lipinski definition) is 4. The van der Waals surface area contributed by atoms with Crippen LogP contribution in [0.25, 0.3) is 0 Å². The van der Waals surface area contributed by atoms with Crippen molar-refractivity contribution in [3.63, 3.8) is 0 Å². The number of halogens is 2. The minimum atomic E-state index is -1.04. The van der Waals surface area contributed by atoms with E-state index in [4.69, 9.17) is 0 Å². The monoisotopic (exact) mass is 324 g/mol. The summed E-state index contributed by atoms with van der Waals surface area (Å²) in [7, 11) is 0. The zero-order valence-corrected chi connectivity index (χ0v) is 11.9. The van der Waals surface area contributed by atoms with E-state index in [0.29, 0.717) is 4.90 Å². The van der Waals surface area contributed by atoms with Crippen molar-refractivity contribution in [3.05, 3.63) is 64.2 Å². The fraction of sp³-hybridized carbons (Fsp3) is 0.0714. The van der Waals surface area contributed by atoms with E-state index in [2.05, 4.69) is 5.32 Å². The SMILES string of the molecule is O=C(CSc1ccc([N+](=O)[O-])cc1)Nc1ccc(F)c(F)c1. The van der Waals surface area contributed by atoms with Crippen LogP contribution in [0.1, 0.15) is 0 Å². The number of carbonyl (C=O) groups is 1. The second-order valence-corrected chi connectivity index (χ2v) is 5.27. The van der Waals surface area contributed by atoms with Crippen LogP contribution in [0.4, 0.5) is 20.2 Å². The number of anilines is 1. The van der Waals surface area contributed by atoms with Crippen molar-refractivity contribution in [2.24, 2.45) is 0 Å². The molecule has 2 aromatic rings. The fourth-order valence-electron chi connectivity index (χ4n) is 1.58. The number of nitro benzene ring substituents is 1. The smallest absolute Gasteiger partial charge is 0.269 e. The molecule has 22 heavy (non-hydrogen) atoms. The summed E-state index contributed by atoms with van der Waals surface area (Å²) >= 11 is 1.17. The van der Waals surface area contributed by atoms with E-state index in [1.54, 1.807) is 0 Å². The van der Waals surface area contributed by atoms with Crippen LogP contribution in [0.15, 0.2) is 47.4 Å². The van der Waals surface area contributed by atoms with Gasteiger partial charge in [0.25, 0.3) is 5.69 Å². The van der Waals surface area contributed by atoms with Crippen LogP contribution in [-0.2, 0) is 4.79 Å². The van der Waals surface area contributed by atoms with Crippen molar-refractivity contribution in [3.8, 4) is 0 Å². The van der Waals surface area contributed by atoms with Gasteiger partial charge in [0.1, 0.15) is 0 Å². The Morgan fingerprint density at radius 1 is 1.14 bits per heavy atom. The molecule has 0 aliphatic heterocycles. The normalized spacial score (nSPS) is 10.3. The average Bonchev–Trinajstić information content (AvgIpc) is 2.49. The largest absolute Gasteiger partial charge is 0.325 e. The van der Waals surface area contributed by atoms with Gasteiger partial charge in [-0.15, -0.1) is 11.8 Å². The average molecular weight is 324 g/mol. The minimum absolute atomic E-state index is 0.0319. The first-order valence-corrected chi connectivity index (χ1v) is 7.06. The van der Waals surface area contributed by atoms with E-state index >= 15 is 0 Å². The number of hydrogen-bond donors (Lipinski definition) is 1. The maximum Gasteiger partial charge on any atom is 0.269 e. The molecule has 0 radical (unpaired) electrons. The molecule has 0 spiro atoms. The Labute approximate surface area is 128 Å². The molecule has 114 valence electrons. The summed E-state index contributed by atoms with van der Waals surface area (Å²) in [5.41, 5.74) is 0.129. The van der Waals surface area contributed by atoms with Crippen LogP contribution in [0.5, 0.6) is 0 Å². The van der Waals surface area contributed by atoms with Crippen molar-refractivity contribution < 1.29 is 18.5 Å². The molecule has 0 atom stereocenters. The molecule has 0 unspecified atom stereocenters. The molecule has 2 aromatic carbocycles. The van der Waals surface area contributed by atoms with Crippen molar-refractivity contribution >= 4 is 29.0 Å². The molecule has 5 nitrogen and oxygen atoms in total. The molecular weight excluding hydrogens is 314 g/mol. The summed E-state index contributed by atoms with van der Waals surface area (Å²) in [6.07, 6.45) is 0. The number of carbonyl (C=O) groups excluding carboxylic acids is 1. The summed E-state index contributed by atoms with van der Waals surface area (Å²) in [5.74, 6) is -2.38. The standard InChI is InChI=1S/C14H10F2N2O3S/c15-12-6-1-9(7-13(12)16)17-14(19)8-22-11-4-2-10(3-5-11)18(20)21/h1-7H,8H2,(H,17,19). The highest BCUT2D eigenvalue weighted by Crippen LogP contribution is 2.21. The van der Waals surface area contributed by atoms with Crippen molar-refractivity contribution in [1.29, 1.82) is 0 Å². The summed E-state index contributed by atoms with van der Waals surface area (Å²) in [5, 5.41) is 12.9. The van der Waals surface area contributed by atoms with Crippen LogP contribution in [0, 0.1) is 21.7 Å². The highest BCUT2D eigenvalue weighted by Gasteiger charge is 2.08. The quantitative estimate of drug-likeness (QED) is 0.518. The van der Waals surface area contributed by atoms with E-state index in [1.807, 2.05) is 0 Å². The van der Waals surface area contributed by atoms with Crippen LogP contribution in [0.3, 0.4) is 0 Å². The van der Waals surface area contributed by atoms with Crippen molar-refractivity contribution in [2.75, 3.05) is 11.1 Å². The van der Waals surface area contributed by atoms with E-state index in [1.165, 1.54) is 42.1 Å². The van der Waals surface area contributed by atoms with Gasteiger partial charge in [0, 0.05) is 28.8 Å². The van der Waals surface area contributed by atoms with Gasteiger partial charge in [0.2, 0.25) is 5.91 Å². The first-order chi connectivity index (χ1) is 10.5. The molecule has 0 aromatic heterocycles. The lowest BCUT2D eigenvalue weighted by atomic mass is 10.3.